The molecule has 1 aliphatic rings. The zero-order valence-corrected chi connectivity index (χ0v) is 17.5. The summed E-state index contributed by atoms with van der Waals surface area (Å²) >= 11 is 0. The van der Waals surface area contributed by atoms with Crippen molar-refractivity contribution in [2.24, 2.45) is 0 Å². The van der Waals surface area contributed by atoms with Gasteiger partial charge < -0.3 is 25.0 Å². The van der Waals surface area contributed by atoms with E-state index in [2.05, 4.69) is 17.6 Å². The average Bonchev–Trinajstić information content (AvgIpc) is 2.79. The van der Waals surface area contributed by atoms with Crippen LogP contribution in [-0.4, -0.2) is 55.7 Å². The number of morpholine rings is 1. The third-order valence-corrected chi connectivity index (χ3v) is 4.93. The van der Waals surface area contributed by atoms with Gasteiger partial charge in [-0.2, -0.15) is 0 Å². The van der Waals surface area contributed by atoms with Crippen LogP contribution >= 0.6 is 0 Å². The van der Waals surface area contributed by atoms with E-state index in [-0.39, 0.29) is 24.5 Å². The molecule has 0 saturated carbocycles. The molecule has 0 aliphatic carbocycles. The highest BCUT2D eigenvalue weighted by molar-refractivity contribution is 5.96. The van der Waals surface area contributed by atoms with E-state index in [1.807, 2.05) is 31.2 Å². The van der Waals surface area contributed by atoms with Gasteiger partial charge in [-0.3, -0.25) is 9.59 Å². The number of ether oxygens (including phenoxy) is 2. The summed E-state index contributed by atoms with van der Waals surface area (Å²) in [6, 6.07) is 14.5. The Morgan fingerprint density at radius 2 is 1.67 bits per heavy atom. The van der Waals surface area contributed by atoms with Crippen molar-refractivity contribution in [1.82, 2.24) is 4.90 Å². The molecule has 160 valence electrons. The molecule has 1 unspecified atom stereocenters. The van der Waals surface area contributed by atoms with Crippen molar-refractivity contribution in [2.75, 3.05) is 43.5 Å². The average molecular weight is 412 g/mol. The van der Waals surface area contributed by atoms with Crippen LogP contribution in [0.2, 0.25) is 0 Å². The Kier molecular flexibility index (Phi) is 7.68. The third-order valence-electron chi connectivity index (χ3n) is 4.93. The summed E-state index contributed by atoms with van der Waals surface area (Å²) in [6.45, 7) is 6.60. The lowest BCUT2D eigenvalue weighted by Gasteiger charge is -2.26. The number of nitrogens with one attached hydrogen (secondary N) is 2. The van der Waals surface area contributed by atoms with Gasteiger partial charge in [-0.15, -0.1) is 0 Å². The molecular weight excluding hydrogens is 382 g/mol. The number of rotatable bonds is 8. The lowest BCUT2D eigenvalue weighted by molar-refractivity contribution is -0.114. The van der Waals surface area contributed by atoms with Crippen LogP contribution in [0.25, 0.3) is 0 Å². The first-order valence-corrected chi connectivity index (χ1v) is 10.3. The van der Waals surface area contributed by atoms with Gasteiger partial charge in [0, 0.05) is 30.0 Å². The summed E-state index contributed by atoms with van der Waals surface area (Å²) in [5, 5.41) is 5.92. The Morgan fingerprint density at radius 3 is 2.30 bits per heavy atom. The van der Waals surface area contributed by atoms with Crippen LogP contribution in [0, 0.1) is 0 Å². The van der Waals surface area contributed by atoms with Gasteiger partial charge in [0.1, 0.15) is 5.75 Å². The summed E-state index contributed by atoms with van der Waals surface area (Å²) in [5.74, 6) is 0.631. The van der Waals surface area contributed by atoms with Gasteiger partial charge in [0.15, 0.2) is 0 Å². The molecule has 1 atom stereocenters. The maximum atomic E-state index is 12.5. The molecule has 30 heavy (non-hydrogen) atoms. The van der Waals surface area contributed by atoms with Crippen molar-refractivity contribution < 1.29 is 19.1 Å². The molecule has 1 fully saturated rings. The third kappa shape index (κ3) is 6.22. The number of benzene rings is 2. The second kappa shape index (κ2) is 10.6. The van der Waals surface area contributed by atoms with Crippen LogP contribution in [-0.2, 0) is 9.53 Å². The zero-order valence-electron chi connectivity index (χ0n) is 17.5. The molecule has 2 N–H and O–H groups in total. The summed E-state index contributed by atoms with van der Waals surface area (Å²) in [7, 11) is 0. The first-order valence-electron chi connectivity index (χ1n) is 10.3. The maximum Gasteiger partial charge on any atom is 0.254 e. The van der Waals surface area contributed by atoms with Crippen LogP contribution in [0.15, 0.2) is 48.5 Å². The Morgan fingerprint density at radius 1 is 1.03 bits per heavy atom. The molecule has 0 bridgehead atoms. The van der Waals surface area contributed by atoms with Gasteiger partial charge in [0.05, 0.1) is 25.9 Å². The molecule has 2 aromatic carbocycles. The Labute approximate surface area is 177 Å². The number of hydrogen-bond acceptors (Lipinski definition) is 5. The summed E-state index contributed by atoms with van der Waals surface area (Å²) in [5.41, 5.74) is 2.10. The molecule has 2 aromatic rings. The lowest BCUT2D eigenvalue weighted by Crippen LogP contribution is -2.40. The monoisotopic (exact) mass is 411 g/mol. The molecular formula is C23H29N3O4. The van der Waals surface area contributed by atoms with E-state index in [1.165, 1.54) is 0 Å². The molecule has 7 heteroatoms. The highest BCUT2D eigenvalue weighted by Gasteiger charge is 2.18. The molecule has 0 aromatic heterocycles. The minimum absolute atomic E-state index is 0.0152. The van der Waals surface area contributed by atoms with Crippen LogP contribution in [0.1, 0.15) is 30.6 Å². The number of anilines is 2. The molecule has 1 saturated heterocycles. The van der Waals surface area contributed by atoms with Gasteiger partial charge in [-0.1, -0.05) is 6.92 Å². The molecule has 1 heterocycles. The first-order chi connectivity index (χ1) is 14.5. The Balaban J connectivity index is 1.46. The second-order valence-corrected chi connectivity index (χ2v) is 7.24. The Bertz CT molecular complexity index is 831. The summed E-state index contributed by atoms with van der Waals surface area (Å²) in [6.07, 6.45) is 1.12. The van der Waals surface area contributed by atoms with E-state index < -0.39 is 0 Å². The van der Waals surface area contributed by atoms with Crippen molar-refractivity contribution in [1.29, 1.82) is 0 Å². The van der Waals surface area contributed by atoms with Gasteiger partial charge in [0.25, 0.3) is 5.91 Å². The smallest absolute Gasteiger partial charge is 0.254 e. The van der Waals surface area contributed by atoms with E-state index in [0.717, 1.165) is 17.9 Å². The Hall–Kier alpha value is -3.06. The SMILES string of the molecule is CCC(C)Oc1ccc(NCC(=O)Nc2ccc(C(=O)N3CCOCC3)cc2)cc1. The van der Waals surface area contributed by atoms with Crippen LogP contribution in [0.3, 0.4) is 0 Å². The predicted octanol–water partition coefficient (Wildman–Crippen LogP) is 3.39. The van der Waals surface area contributed by atoms with Gasteiger partial charge in [-0.25, -0.2) is 0 Å². The maximum absolute atomic E-state index is 12.5. The van der Waals surface area contributed by atoms with E-state index in [0.29, 0.717) is 37.6 Å². The molecule has 0 radical (unpaired) electrons. The fourth-order valence-corrected chi connectivity index (χ4v) is 3.00. The largest absolute Gasteiger partial charge is 0.491 e. The number of hydrogen-bond donors (Lipinski definition) is 2. The minimum Gasteiger partial charge on any atom is -0.491 e. The van der Waals surface area contributed by atoms with Crippen molar-refractivity contribution in [3.05, 3.63) is 54.1 Å². The molecule has 7 nitrogen and oxygen atoms in total. The van der Waals surface area contributed by atoms with E-state index >= 15 is 0 Å². The van der Waals surface area contributed by atoms with Gasteiger partial charge in [0.2, 0.25) is 5.91 Å². The molecule has 2 amide bonds. The van der Waals surface area contributed by atoms with E-state index in [1.54, 1.807) is 29.2 Å². The van der Waals surface area contributed by atoms with Crippen molar-refractivity contribution in [3.63, 3.8) is 0 Å². The fraction of sp³-hybridized carbons (Fsp3) is 0.391. The summed E-state index contributed by atoms with van der Waals surface area (Å²) < 4.78 is 11.0. The number of carbonyl (C=O) groups is 2. The van der Waals surface area contributed by atoms with Gasteiger partial charge >= 0.3 is 0 Å². The van der Waals surface area contributed by atoms with Crippen LogP contribution < -0.4 is 15.4 Å². The molecule has 3 rings (SSSR count). The van der Waals surface area contributed by atoms with E-state index in [9.17, 15) is 9.59 Å². The minimum atomic E-state index is -0.165. The zero-order chi connectivity index (χ0) is 21.3. The standard InChI is InChI=1S/C23H29N3O4/c1-3-17(2)30-21-10-8-19(9-11-21)24-16-22(27)25-20-6-4-18(5-7-20)23(28)26-12-14-29-15-13-26/h4-11,17,24H,3,12-16H2,1-2H3,(H,25,27). The van der Waals surface area contributed by atoms with Crippen molar-refractivity contribution >= 4 is 23.2 Å². The number of amides is 2. The number of nitrogens with zero attached hydrogens (tertiary/aromatic N) is 1. The fourth-order valence-electron chi connectivity index (χ4n) is 3.00. The predicted molar refractivity (Wildman–Crippen MR) is 117 cm³/mol. The van der Waals surface area contributed by atoms with Crippen LogP contribution in [0.4, 0.5) is 11.4 Å². The van der Waals surface area contributed by atoms with Crippen LogP contribution in [0.5, 0.6) is 5.75 Å². The normalized spacial score (nSPS) is 14.7. The first kappa shape index (κ1) is 21.6. The summed E-state index contributed by atoms with van der Waals surface area (Å²) in [4.78, 5) is 26.5. The molecule has 1 aliphatic heterocycles. The van der Waals surface area contributed by atoms with E-state index in [4.69, 9.17) is 9.47 Å². The van der Waals surface area contributed by atoms with Crippen molar-refractivity contribution in [2.45, 2.75) is 26.4 Å². The quantitative estimate of drug-likeness (QED) is 0.696. The number of carbonyl (C=O) groups excluding carboxylic acids is 2. The second-order valence-electron chi connectivity index (χ2n) is 7.24. The van der Waals surface area contributed by atoms with Crippen molar-refractivity contribution in [3.8, 4) is 5.75 Å². The highest BCUT2D eigenvalue weighted by Crippen LogP contribution is 2.18. The topological polar surface area (TPSA) is 79.9 Å². The highest BCUT2D eigenvalue weighted by atomic mass is 16.5. The molecule has 0 spiro atoms. The lowest BCUT2D eigenvalue weighted by atomic mass is 10.1. The van der Waals surface area contributed by atoms with Gasteiger partial charge in [-0.05, 0) is 61.9 Å².